The van der Waals surface area contributed by atoms with Crippen molar-refractivity contribution in [3.63, 3.8) is 0 Å². The molecular formula is C17H20O6. The van der Waals surface area contributed by atoms with Crippen LogP contribution in [0.5, 0.6) is 0 Å². The summed E-state index contributed by atoms with van der Waals surface area (Å²) in [7, 11) is 0. The monoisotopic (exact) mass is 320 g/mol. The SMILES string of the molecule is C=CC(=O)OCCCC(CC)OC(=O)c1ccccc1C(=O)O. The first-order valence-electron chi connectivity index (χ1n) is 7.32. The van der Waals surface area contributed by atoms with Crippen molar-refractivity contribution in [2.75, 3.05) is 6.61 Å². The maximum absolute atomic E-state index is 12.1. The lowest BCUT2D eigenvalue weighted by Gasteiger charge is -2.16. The van der Waals surface area contributed by atoms with Gasteiger partial charge in [-0.1, -0.05) is 25.6 Å². The number of aromatic carboxylic acids is 1. The zero-order chi connectivity index (χ0) is 17.2. The molecule has 1 aromatic carbocycles. The highest BCUT2D eigenvalue weighted by Gasteiger charge is 2.20. The fourth-order valence-corrected chi connectivity index (χ4v) is 1.95. The van der Waals surface area contributed by atoms with Crippen LogP contribution < -0.4 is 0 Å². The standard InChI is InChI=1S/C17H20O6/c1-3-12(8-7-11-22-15(18)4-2)23-17(21)14-10-6-5-9-13(14)16(19)20/h4-6,9-10,12H,2-3,7-8,11H2,1H3,(H,19,20). The molecule has 0 bridgehead atoms. The molecule has 1 N–H and O–H groups in total. The number of esters is 2. The first-order valence-corrected chi connectivity index (χ1v) is 7.32. The van der Waals surface area contributed by atoms with Gasteiger partial charge in [0.25, 0.3) is 0 Å². The van der Waals surface area contributed by atoms with E-state index in [1.54, 1.807) is 12.1 Å². The number of rotatable bonds is 9. The summed E-state index contributed by atoms with van der Waals surface area (Å²) in [5, 5.41) is 9.09. The molecule has 0 spiro atoms. The van der Waals surface area contributed by atoms with Crippen LogP contribution >= 0.6 is 0 Å². The van der Waals surface area contributed by atoms with Gasteiger partial charge in [0.15, 0.2) is 0 Å². The van der Waals surface area contributed by atoms with Crippen molar-refractivity contribution < 1.29 is 29.0 Å². The topological polar surface area (TPSA) is 89.9 Å². The molecule has 0 aromatic heterocycles. The maximum atomic E-state index is 12.1. The van der Waals surface area contributed by atoms with Gasteiger partial charge in [0.1, 0.15) is 6.10 Å². The summed E-state index contributed by atoms with van der Waals surface area (Å²) in [5.41, 5.74) is -0.0659. The summed E-state index contributed by atoms with van der Waals surface area (Å²) in [6.45, 7) is 5.37. The van der Waals surface area contributed by atoms with Gasteiger partial charge in [-0.15, -0.1) is 0 Å². The number of hydrogen-bond acceptors (Lipinski definition) is 5. The Hall–Kier alpha value is -2.63. The second-order valence-electron chi connectivity index (χ2n) is 4.80. The third kappa shape index (κ3) is 5.94. The lowest BCUT2D eigenvalue weighted by molar-refractivity contribution is -0.138. The zero-order valence-electron chi connectivity index (χ0n) is 13.0. The van der Waals surface area contributed by atoms with Crippen molar-refractivity contribution in [3.8, 4) is 0 Å². The molecule has 0 fully saturated rings. The van der Waals surface area contributed by atoms with Gasteiger partial charge in [-0.25, -0.2) is 14.4 Å². The van der Waals surface area contributed by atoms with E-state index >= 15 is 0 Å². The molecular weight excluding hydrogens is 300 g/mol. The van der Waals surface area contributed by atoms with Crippen LogP contribution in [0.1, 0.15) is 46.9 Å². The fourth-order valence-electron chi connectivity index (χ4n) is 1.95. The first-order chi connectivity index (χ1) is 11.0. The van der Waals surface area contributed by atoms with Crippen molar-refractivity contribution in [3.05, 3.63) is 48.0 Å². The largest absolute Gasteiger partial charge is 0.478 e. The highest BCUT2D eigenvalue weighted by atomic mass is 16.5. The first kappa shape index (κ1) is 18.4. The van der Waals surface area contributed by atoms with Crippen LogP contribution in [0.2, 0.25) is 0 Å². The van der Waals surface area contributed by atoms with E-state index in [9.17, 15) is 14.4 Å². The lowest BCUT2D eigenvalue weighted by Crippen LogP contribution is -2.20. The van der Waals surface area contributed by atoms with E-state index in [1.165, 1.54) is 12.1 Å². The maximum Gasteiger partial charge on any atom is 0.339 e. The summed E-state index contributed by atoms with van der Waals surface area (Å²) in [6.07, 6.45) is 2.34. The Balaban J connectivity index is 2.58. The predicted molar refractivity (Wildman–Crippen MR) is 83.3 cm³/mol. The van der Waals surface area contributed by atoms with Gasteiger partial charge in [-0.2, -0.15) is 0 Å². The molecule has 1 aromatic rings. The molecule has 0 aliphatic rings. The number of carbonyl (C=O) groups excluding carboxylic acids is 2. The molecule has 6 heteroatoms. The van der Waals surface area contributed by atoms with Gasteiger partial charge < -0.3 is 14.6 Å². The Bertz CT molecular complexity index is 578. The third-order valence-electron chi connectivity index (χ3n) is 3.19. The quantitative estimate of drug-likeness (QED) is 0.427. The summed E-state index contributed by atoms with van der Waals surface area (Å²) in [4.78, 5) is 34.2. The van der Waals surface area contributed by atoms with Crippen LogP contribution in [0, 0.1) is 0 Å². The van der Waals surface area contributed by atoms with Gasteiger partial charge >= 0.3 is 17.9 Å². The van der Waals surface area contributed by atoms with Crippen molar-refractivity contribution in [2.24, 2.45) is 0 Å². The van der Waals surface area contributed by atoms with Crippen molar-refractivity contribution in [1.29, 1.82) is 0 Å². The predicted octanol–water partition coefficient (Wildman–Crippen LogP) is 2.83. The highest BCUT2D eigenvalue weighted by Crippen LogP contribution is 2.15. The molecule has 0 radical (unpaired) electrons. The minimum atomic E-state index is -1.18. The van der Waals surface area contributed by atoms with Gasteiger partial charge in [-0.3, -0.25) is 0 Å². The van der Waals surface area contributed by atoms with E-state index in [-0.39, 0.29) is 23.8 Å². The second-order valence-corrected chi connectivity index (χ2v) is 4.80. The minimum Gasteiger partial charge on any atom is -0.478 e. The summed E-state index contributed by atoms with van der Waals surface area (Å²) >= 11 is 0. The fraction of sp³-hybridized carbons (Fsp3) is 0.353. The zero-order valence-corrected chi connectivity index (χ0v) is 13.0. The van der Waals surface area contributed by atoms with Crippen LogP contribution in [0.3, 0.4) is 0 Å². The second kappa shape index (κ2) is 9.40. The van der Waals surface area contributed by atoms with E-state index in [0.29, 0.717) is 19.3 Å². The van der Waals surface area contributed by atoms with Crippen molar-refractivity contribution >= 4 is 17.9 Å². The molecule has 0 amide bonds. The molecule has 0 saturated carbocycles. The van der Waals surface area contributed by atoms with E-state index < -0.39 is 17.9 Å². The van der Waals surface area contributed by atoms with E-state index in [2.05, 4.69) is 6.58 Å². The average molecular weight is 320 g/mol. The number of carboxylic acids is 1. The molecule has 1 unspecified atom stereocenters. The van der Waals surface area contributed by atoms with E-state index in [4.69, 9.17) is 14.6 Å². The molecule has 0 heterocycles. The summed E-state index contributed by atoms with van der Waals surface area (Å²) in [6, 6.07) is 5.91. The normalized spacial score (nSPS) is 11.3. The Morgan fingerprint density at radius 1 is 1.26 bits per heavy atom. The molecule has 23 heavy (non-hydrogen) atoms. The molecule has 0 aliphatic carbocycles. The number of hydrogen-bond donors (Lipinski definition) is 1. The van der Waals surface area contributed by atoms with E-state index in [1.807, 2.05) is 6.92 Å². The Labute approximate surface area is 134 Å². The Kier molecular flexibility index (Phi) is 7.53. The van der Waals surface area contributed by atoms with Crippen molar-refractivity contribution in [1.82, 2.24) is 0 Å². The van der Waals surface area contributed by atoms with Crippen molar-refractivity contribution in [2.45, 2.75) is 32.3 Å². The van der Waals surface area contributed by atoms with Gasteiger partial charge in [0.05, 0.1) is 17.7 Å². The van der Waals surface area contributed by atoms with Crippen LogP contribution in [0.15, 0.2) is 36.9 Å². The minimum absolute atomic E-state index is 0.0246. The average Bonchev–Trinajstić information content (AvgIpc) is 2.56. The molecule has 0 aliphatic heterocycles. The number of carbonyl (C=O) groups is 3. The van der Waals surface area contributed by atoms with Crippen LogP contribution in [-0.4, -0.2) is 35.7 Å². The molecule has 1 rings (SSSR count). The number of ether oxygens (including phenoxy) is 2. The third-order valence-corrected chi connectivity index (χ3v) is 3.19. The number of benzene rings is 1. The molecule has 6 nitrogen and oxygen atoms in total. The highest BCUT2D eigenvalue weighted by molar-refractivity contribution is 6.02. The molecule has 124 valence electrons. The summed E-state index contributed by atoms with van der Waals surface area (Å²) < 4.78 is 10.2. The van der Waals surface area contributed by atoms with Gasteiger partial charge in [0, 0.05) is 6.08 Å². The van der Waals surface area contributed by atoms with Crippen LogP contribution in [-0.2, 0) is 14.3 Å². The van der Waals surface area contributed by atoms with Crippen LogP contribution in [0.25, 0.3) is 0 Å². The smallest absolute Gasteiger partial charge is 0.339 e. The molecule has 1 atom stereocenters. The Morgan fingerprint density at radius 2 is 1.91 bits per heavy atom. The number of carboxylic acid groups (broad SMARTS) is 1. The van der Waals surface area contributed by atoms with Gasteiger partial charge in [-0.05, 0) is 31.4 Å². The van der Waals surface area contributed by atoms with Crippen LogP contribution in [0.4, 0.5) is 0 Å². The lowest BCUT2D eigenvalue weighted by atomic mass is 10.1. The molecule has 0 saturated heterocycles. The van der Waals surface area contributed by atoms with Gasteiger partial charge in [0.2, 0.25) is 0 Å². The summed E-state index contributed by atoms with van der Waals surface area (Å²) in [5.74, 6) is -2.34. The van der Waals surface area contributed by atoms with E-state index in [0.717, 1.165) is 6.08 Å². The Morgan fingerprint density at radius 3 is 2.48 bits per heavy atom.